The number of aryl methyl sites for hydroxylation is 1. The fraction of sp³-hybridized carbons (Fsp3) is 0.440. The summed E-state index contributed by atoms with van der Waals surface area (Å²) in [6.45, 7) is 1.73. The molecule has 0 atom stereocenters. The van der Waals surface area contributed by atoms with Crippen LogP contribution >= 0.6 is 15.9 Å². The van der Waals surface area contributed by atoms with Gasteiger partial charge in [0.1, 0.15) is 11.6 Å². The first kappa shape index (κ1) is 22.3. The molecule has 4 nitrogen and oxygen atoms in total. The van der Waals surface area contributed by atoms with Crippen molar-refractivity contribution in [2.45, 2.75) is 32.0 Å². The minimum absolute atomic E-state index is 0.171. The molecule has 0 unspecified atom stereocenters. The van der Waals surface area contributed by atoms with Crippen LogP contribution in [0.25, 0.3) is 5.57 Å². The van der Waals surface area contributed by atoms with Gasteiger partial charge < -0.3 is 19.1 Å². The fourth-order valence-electron chi connectivity index (χ4n) is 4.77. The number of hydrogen-bond acceptors (Lipinski definition) is 4. The number of piperidine rings is 1. The Bertz CT molecular complexity index is 965. The third-order valence-corrected chi connectivity index (χ3v) is 7.24. The first-order valence-corrected chi connectivity index (χ1v) is 11.5. The molecule has 4 rings (SSSR count). The van der Waals surface area contributed by atoms with Gasteiger partial charge in [-0.25, -0.2) is 4.39 Å². The Balaban J connectivity index is 1.56. The summed E-state index contributed by atoms with van der Waals surface area (Å²) < 4.78 is 32.6. The van der Waals surface area contributed by atoms with Crippen LogP contribution in [0.15, 0.2) is 40.9 Å². The van der Waals surface area contributed by atoms with E-state index in [-0.39, 0.29) is 12.1 Å². The molecular formula is C25H29BrFNO3. The van der Waals surface area contributed by atoms with E-state index in [1.54, 1.807) is 27.4 Å². The van der Waals surface area contributed by atoms with Gasteiger partial charge >= 0.3 is 0 Å². The zero-order chi connectivity index (χ0) is 22.0. The molecule has 1 fully saturated rings. The van der Waals surface area contributed by atoms with Gasteiger partial charge in [0, 0.05) is 54.5 Å². The van der Waals surface area contributed by atoms with Crippen molar-refractivity contribution in [3.8, 4) is 5.75 Å². The average Bonchev–Trinajstić information content (AvgIpc) is 2.80. The van der Waals surface area contributed by atoms with E-state index in [9.17, 15) is 0 Å². The lowest BCUT2D eigenvalue weighted by Crippen LogP contribution is -2.39. The Morgan fingerprint density at radius 1 is 0.968 bits per heavy atom. The molecule has 2 aromatic rings. The molecule has 0 aromatic heterocycles. The Kier molecular flexibility index (Phi) is 6.99. The average molecular weight is 490 g/mol. The van der Waals surface area contributed by atoms with Gasteiger partial charge in [-0.1, -0.05) is 22.0 Å². The first-order valence-electron chi connectivity index (χ1n) is 10.7. The van der Waals surface area contributed by atoms with Gasteiger partial charge in [0.15, 0.2) is 6.29 Å². The molecule has 0 bridgehead atoms. The smallest absolute Gasteiger partial charge is 0.159 e. The Hall–Kier alpha value is -1.89. The number of anilines is 1. The summed E-state index contributed by atoms with van der Waals surface area (Å²) in [5, 5.41) is 0. The second-order valence-electron chi connectivity index (χ2n) is 8.13. The lowest BCUT2D eigenvalue weighted by molar-refractivity contribution is -0.141. The van der Waals surface area contributed by atoms with Crippen LogP contribution in [0.2, 0.25) is 0 Å². The van der Waals surface area contributed by atoms with E-state index in [2.05, 4.69) is 26.9 Å². The molecule has 1 aliphatic carbocycles. The molecule has 0 N–H and O–H groups in total. The maximum atomic E-state index is 15.4. The summed E-state index contributed by atoms with van der Waals surface area (Å²) in [5.41, 5.74) is 4.75. The van der Waals surface area contributed by atoms with E-state index >= 15 is 4.39 Å². The molecule has 0 spiro atoms. The molecule has 1 aliphatic heterocycles. The summed E-state index contributed by atoms with van der Waals surface area (Å²) in [5.74, 6) is 1.01. The Morgan fingerprint density at radius 3 is 2.32 bits per heavy atom. The maximum absolute atomic E-state index is 15.4. The minimum Gasteiger partial charge on any atom is -0.497 e. The molecule has 0 amide bonds. The van der Waals surface area contributed by atoms with Gasteiger partial charge in [0.2, 0.25) is 0 Å². The van der Waals surface area contributed by atoms with Crippen LogP contribution in [0.3, 0.4) is 0 Å². The maximum Gasteiger partial charge on any atom is 0.159 e. The molecule has 6 heteroatoms. The van der Waals surface area contributed by atoms with Gasteiger partial charge in [-0.2, -0.15) is 0 Å². The number of nitrogens with zero attached hydrogens (tertiary/aromatic N) is 1. The zero-order valence-electron chi connectivity index (χ0n) is 18.3. The highest BCUT2D eigenvalue weighted by atomic mass is 79.9. The van der Waals surface area contributed by atoms with Crippen LogP contribution in [-0.4, -0.2) is 40.7 Å². The van der Waals surface area contributed by atoms with Crippen molar-refractivity contribution in [2.24, 2.45) is 5.92 Å². The summed E-state index contributed by atoms with van der Waals surface area (Å²) in [7, 11) is 5.03. The van der Waals surface area contributed by atoms with Crippen molar-refractivity contribution in [3.05, 3.63) is 63.4 Å². The molecule has 2 aromatic carbocycles. The monoisotopic (exact) mass is 489 g/mol. The van der Waals surface area contributed by atoms with E-state index in [4.69, 9.17) is 14.2 Å². The highest BCUT2D eigenvalue weighted by Crippen LogP contribution is 2.41. The zero-order valence-corrected chi connectivity index (χ0v) is 19.9. The van der Waals surface area contributed by atoms with Gasteiger partial charge in [-0.3, -0.25) is 0 Å². The molecule has 0 saturated carbocycles. The SMILES string of the molecule is COc1ccc2c(c1)CCC(Br)=C2c1ccc(N2CCC(C(OC)OC)CC2)cc1F. The van der Waals surface area contributed by atoms with Crippen LogP contribution in [0.1, 0.15) is 36.0 Å². The van der Waals surface area contributed by atoms with Crippen LogP contribution in [0, 0.1) is 11.7 Å². The number of hydrogen-bond donors (Lipinski definition) is 0. The lowest BCUT2D eigenvalue weighted by Gasteiger charge is -2.36. The summed E-state index contributed by atoms with van der Waals surface area (Å²) in [6, 6.07) is 11.6. The highest BCUT2D eigenvalue weighted by molar-refractivity contribution is 9.11. The van der Waals surface area contributed by atoms with Gasteiger partial charge in [0.25, 0.3) is 0 Å². The third-order valence-electron chi connectivity index (χ3n) is 6.44. The first-order chi connectivity index (χ1) is 15.0. The standard InChI is InChI=1S/C25H29BrFNO3/c1-29-19-6-8-20-17(14-19)4-9-22(26)24(20)21-7-5-18(15-23(21)27)28-12-10-16(11-13-28)25(30-2)31-3/h5-8,14-16,25H,4,9-13H2,1-3H3. The van der Waals surface area contributed by atoms with E-state index in [1.165, 1.54) is 5.56 Å². The minimum atomic E-state index is -0.193. The molecular weight excluding hydrogens is 461 g/mol. The lowest BCUT2D eigenvalue weighted by atomic mass is 9.86. The predicted molar refractivity (Wildman–Crippen MR) is 125 cm³/mol. The second-order valence-corrected chi connectivity index (χ2v) is 9.09. The van der Waals surface area contributed by atoms with Gasteiger partial charge in [0.05, 0.1) is 7.11 Å². The van der Waals surface area contributed by atoms with Crippen LogP contribution in [0.4, 0.5) is 10.1 Å². The van der Waals surface area contributed by atoms with Crippen molar-refractivity contribution < 1.29 is 18.6 Å². The molecule has 31 heavy (non-hydrogen) atoms. The highest BCUT2D eigenvalue weighted by Gasteiger charge is 2.27. The van der Waals surface area contributed by atoms with Gasteiger partial charge in [-0.05, 0) is 67.1 Å². The molecule has 0 radical (unpaired) electrons. The fourth-order valence-corrected chi connectivity index (χ4v) is 5.39. The van der Waals surface area contributed by atoms with Crippen molar-refractivity contribution in [3.63, 3.8) is 0 Å². The van der Waals surface area contributed by atoms with Crippen molar-refractivity contribution >= 4 is 27.2 Å². The van der Waals surface area contributed by atoms with E-state index < -0.39 is 0 Å². The van der Waals surface area contributed by atoms with Crippen molar-refractivity contribution in [2.75, 3.05) is 39.3 Å². The van der Waals surface area contributed by atoms with Crippen LogP contribution in [-0.2, 0) is 15.9 Å². The summed E-state index contributed by atoms with van der Waals surface area (Å²) in [4.78, 5) is 2.24. The summed E-state index contributed by atoms with van der Waals surface area (Å²) >= 11 is 3.71. The normalized spacial score (nSPS) is 17.3. The topological polar surface area (TPSA) is 30.9 Å². The number of methoxy groups -OCH3 is 3. The largest absolute Gasteiger partial charge is 0.497 e. The van der Waals surface area contributed by atoms with Crippen LogP contribution < -0.4 is 9.64 Å². The quantitative estimate of drug-likeness (QED) is 0.481. The Labute approximate surface area is 192 Å². The van der Waals surface area contributed by atoms with Crippen LogP contribution in [0.5, 0.6) is 5.75 Å². The summed E-state index contributed by atoms with van der Waals surface area (Å²) in [6.07, 6.45) is 3.51. The number of halogens is 2. The molecule has 166 valence electrons. The van der Waals surface area contributed by atoms with E-state index in [1.807, 2.05) is 24.3 Å². The molecule has 1 saturated heterocycles. The number of allylic oxidation sites excluding steroid dienone is 1. The second kappa shape index (κ2) is 9.72. The third kappa shape index (κ3) is 4.52. The molecule has 2 aliphatic rings. The molecule has 1 heterocycles. The number of ether oxygens (including phenoxy) is 3. The number of rotatable bonds is 6. The predicted octanol–water partition coefficient (Wildman–Crippen LogP) is 5.77. The van der Waals surface area contributed by atoms with Crippen molar-refractivity contribution in [1.82, 2.24) is 0 Å². The number of benzene rings is 2. The van der Waals surface area contributed by atoms with Gasteiger partial charge in [-0.15, -0.1) is 0 Å². The Morgan fingerprint density at radius 2 is 1.68 bits per heavy atom. The van der Waals surface area contributed by atoms with E-state index in [0.717, 1.165) is 65.8 Å². The number of fused-ring (bicyclic) bond motifs is 1. The van der Waals surface area contributed by atoms with E-state index in [0.29, 0.717) is 11.5 Å². The van der Waals surface area contributed by atoms with Crippen molar-refractivity contribution in [1.29, 1.82) is 0 Å².